The number of fused-ring (bicyclic) bond motifs is 1. The molecule has 3 rings (SSSR count). The highest BCUT2D eigenvalue weighted by Crippen LogP contribution is 2.36. The Morgan fingerprint density at radius 2 is 2.18 bits per heavy atom. The molecule has 0 radical (unpaired) electrons. The van der Waals surface area contributed by atoms with Crippen molar-refractivity contribution in [2.75, 3.05) is 33.0 Å². The quantitative estimate of drug-likeness (QED) is 0.508. The zero-order chi connectivity index (χ0) is 20.1. The van der Waals surface area contributed by atoms with E-state index in [4.69, 9.17) is 26.8 Å². The van der Waals surface area contributed by atoms with Crippen LogP contribution in [0.25, 0.3) is 6.08 Å². The van der Waals surface area contributed by atoms with Gasteiger partial charge >= 0.3 is 0 Å². The maximum atomic E-state index is 12.7. The normalized spacial score (nSPS) is 16.9. The fraction of sp³-hybridized carbons (Fsp3) is 0.421. The summed E-state index contributed by atoms with van der Waals surface area (Å²) in [4.78, 5) is 28.5. The van der Waals surface area contributed by atoms with Crippen LogP contribution < -0.4 is 9.47 Å². The molecule has 7 nitrogen and oxygen atoms in total. The lowest BCUT2D eigenvalue weighted by atomic mass is 10.2. The molecule has 150 valence electrons. The van der Waals surface area contributed by atoms with Crippen molar-refractivity contribution in [1.29, 1.82) is 0 Å². The molecule has 1 saturated heterocycles. The molecule has 0 atom stereocenters. The highest BCUT2D eigenvalue weighted by Gasteiger charge is 2.31. The first-order chi connectivity index (χ1) is 13.5. The molecule has 0 aliphatic carbocycles. The molecule has 9 heteroatoms. The third-order valence-corrected chi connectivity index (χ3v) is 5.82. The number of amides is 2. The minimum atomic E-state index is -0.150. The van der Waals surface area contributed by atoms with Crippen LogP contribution in [0.1, 0.15) is 25.3 Å². The Bertz CT molecular complexity index is 812. The van der Waals surface area contributed by atoms with E-state index < -0.39 is 0 Å². The summed E-state index contributed by atoms with van der Waals surface area (Å²) in [7, 11) is 0. The Morgan fingerprint density at radius 3 is 2.93 bits per heavy atom. The molecule has 2 aliphatic heterocycles. The number of thiocarbonyl (C=S) groups is 1. The zero-order valence-electron chi connectivity index (χ0n) is 15.6. The molecule has 1 fully saturated rings. The number of aliphatic hydroxyl groups excluding tert-OH is 1. The van der Waals surface area contributed by atoms with E-state index >= 15 is 0 Å². The maximum absolute atomic E-state index is 12.7. The van der Waals surface area contributed by atoms with E-state index in [-0.39, 0.29) is 25.2 Å². The molecule has 1 N–H and O–H groups in total. The van der Waals surface area contributed by atoms with Crippen LogP contribution in [0.3, 0.4) is 0 Å². The third-order valence-electron chi connectivity index (χ3n) is 4.44. The highest BCUT2D eigenvalue weighted by molar-refractivity contribution is 8.26. The van der Waals surface area contributed by atoms with Crippen LogP contribution in [0, 0.1) is 0 Å². The molecule has 1 aromatic rings. The van der Waals surface area contributed by atoms with Gasteiger partial charge in [-0.15, -0.1) is 0 Å². The van der Waals surface area contributed by atoms with Gasteiger partial charge in [-0.1, -0.05) is 30.0 Å². The fourth-order valence-corrected chi connectivity index (χ4v) is 4.28. The zero-order valence-corrected chi connectivity index (χ0v) is 17.2. The number of benzene rings is 1. The second-order valence-electron chi connectivity index (χ2n) is 6.25. The number of hydrogen-bond donors (Lipinski definition) is 1. The molecule has 0 unspecified atom stereocenters. The van der Waals surface area contributed by atoms with Gasteiger partial charge in [-0.3, -0.25) is 14.5 Å². The number of aliphatic hydroxyl groups is 1. The number of carbonyl (C=O) groups excluding carboxylic acids is 2. The summed E-state index contributed by atoms with van der Waals surface area (Å²) in [5.74, 6) is 1.17. The van der Waals surface area contributed by atoms with Crippen LogP contribution in [0.15, 0.2) is 23.1 Å². The predicted octanol–water partition coefficient (Wildman–Crippen LogP) is 2.24. The summed E-state index contributed by atoms with van der Waals surface area (Å²) < 4.78 is 11.1. The van der Waals surface area contributed by atoms with Crippen molar-refractivity contribution in [3.05, 3.63) is 28.7 Å². The average Bonchev–Trinajstić information content (AvgIpc) is 3.25. The van der Waals surface area contributed by atoms with Crippen molar-refractivity contribution in [3.8, 4) is 11.5 Å². The van der Waals surface area contributed by atoms with E-state index in [1.54, 1.807) is 11.0 Å². The molecule has 0 saturated carbocycles. The van der Waals surface area contributed by atoms with Gasteiger partial charge in [0.2, 0.25) is 12.7 Å². The van der Waals surface area contributed by atoms with Crippen LogP contribution in [0.4, 0.5) is 0 Å². The van der Waals surface area contributed by atoms with E-state index in [0.717, 1.165) is 5.56 Å². The molecular formula is C19H22N2O5S2. The van der Waals surface area contributed by atoms with Gasteiger partial charge in [0.05, 0.1) is 11.5 Å². The summed E-state index contributed by atoms with van der Waals surface area (Å²) in [6, 6.07) is 5.50. The van der Waals surface area contributed by atoms with E-state index in [2.05, 4.69) is 0 Å². The Hall–Kier alpha value is -2.10. The van der Waals surface area contributed by atoms with E-state index in [0.29, 0.717) is 53.2 Å². The van der Waals surface area contributed by atoms with E-state index in [1.165, 1.54) is 16.7 Å². The molecule has 2 aliphatic rings. The Labute approximate surface area is 173 Å². The van der Waals surface area contributed by atoms with Gasteiger partial charge < -0.3 is 19.5 Å². The van der Waals surface area contributed by atoms with Gasteiger partial charge in [-0.05, 0) is 37.1 Å². The number of carbonyl (C=O) groups is 2. The summed E-state index contributed by atoms with van der Waals surface area (Å²) in [5.41, 5.74) is 0.836. The van der Waals surface area contributed by atoms with Gasteiger partial charge in [0.15, 0.2) is 11.5 Å². The smallest absolute Gasteiger partial charge is 0.266 e. The van der Waals surface area contributed by atoms with Gasteiger partial charge in [0.1, 0.15) is 4.32 Å². The van der Waals surface area contributed by atoms with Crippen molar-refractivity contribution in [3.63, 3.8) is 0 Å². The van der Waals surface area contributed by atoms with E-state index in [9.17, 15) is 9.59 Å². The molecule has 0 bridgehead atoms. The van der Waals surface area contributed by atoms with Crippen molar-refractivity contribution in [1.82, 2.24) is 9.80 Å². The van der Waals surface area contributed by atoms with Gasteiger partial charge in [-0.2, -0.15) is 0 Å². The number of nitrogens with zero attached hydrogens (tertiary/aromatic N) is 2. The minimum Gasteiger partial charge on any atom is -0.454 e. The van der Waals surface area contributed by atoms with E-state index in [1.807, 2.05) is 25.1 Å². The Morgan fingerprint density at radius 1 is 1.39 bits per heavy atom. The first-order valence-corrected chi connectivity index (χ1v) is 10.3. The third kappa shape index (κ3) is 4.65. The first-order valence-electron chi connectivity index (χ1n) is 9.07. The molecule has 2 amide bonds. The van der Waals surface area contributed by atoms with Crippen LogP contribution in [-0.2, 0) is 9.59 Å². The summed E-state index contributed by atoms with van der Waals surface area (Å²) in [6.07, 6.45) is 2.61. The largest absolute Gasteiger partial charge is 0.454 e. The standard InChI is InChI=1S/C19H22N2O5S2/c1-2-20(8-9-22)17(23)4-3-7-21-18(24)16(28-19(21)27)11-13-5-6-14-15(10-13)26-12-25-14/h5-6,10-11,22H,2-4,7-9,12H2,1H3/b16-11-. The summed E-state index contributed by atoms with van der Waals surface area (Å²) >= 11 is 6.60. The fourth-order valence-electron chi connectivity index (χ4n) is 2.97. The molecule has 1 aromatic carbocycles. The maximum Gasteiger partial charge on any atom is 0.266 e. The molecule has 2 heterocycles. The molecule has 0 aromatic heterocycles. The van der Waals surface area contributed by atoms with Crippen LogP contribution >= 0.6 is 24.0 Å². The number of hydrogen-bond acceptors (Lipinski definition) is 7. The van der Waals surface area contributed by atoms with Gasteiger partial charge in [0.25, 0.3) is 5.91 Å². The van der Waals surface area contributed by atoms with Crippen LogP contribution in [0.2, 0.25) is 0 Å². The van der Waals surface area contributed by atoms with Gasteiger partial charge in [0, 0.05) is 26.1 Å². The number of rotatable bonds is 8. The van der Waals surface area contributed by atoms with Crippen molar-refractivity contribution < 1.29 is 24.2 Å². The lowest BCUT2D eigenvalue weighted by Crippen LogP contribution is -2.34. The average molecular weight is 423 g/mol. The van der Waals surface area contributed by atoms with Gasteiger partial charge in [-0.25, -0.2) is 0 Å². The second kappa shape index (κ2) is 9.40. The molecular weight excluding hydrogens is 400 g/mol. The Kier molecular flexibility index (Phi) is 6.93. The number of ether oxygens (including phenoxy) is 2. The van der Waals surface area contributed by atoms with Crippen LogP contribution in [-0.4, -0.2) is 64.1 Å². The Balaban J connectivity index is 1.58. The number of likely N-dealkylation sites (N-methyl/N-ethyl adjacent to an activating group) is 1. The summed E-state index contributed by atoms with van der Waals surface area (Å²) in [5, 5.41) is 9.00. The predicted molar refractivity (Wildman–Crippen MR) is 111 cm³/mol. The molecule has 28 heavy (non-hydrogen) atoms. The first kappa shape index (κ1) is 20.6. The lowest BCUT2D eigenvalue weighted by Gasteiger charge is -2.20. The van der Waals surface area contributed by atoms with Crippen molar-refractivity contribution in [2.24, 2.45) is 0 Å². The minimum absolute atomic E-state index is 0.0297. The monoisotopic (exact) mass is 422 g/mol. The topological polar surface area (TPSA) is 79.3 Å². The highest BCUT2D eigenvalue weighted by atomic mass is 32.2. The molecule has 0 spiro atoms. The SMILES string of the molecule is CCN(CCO)C(=O)CCCN1C(=O)/C(=C/c2ccc3c(c2)OCO3)SC1=S. The second-order valence-corrected chi connectivity index (χ2v) is 7.92. The van der Waals surface area contributed by atoms with Crippen LogP contribution in [0.5, 0.6) is 11.5 Å². The van der Waals surface area contributed by atoms with Crippen molar-refractivity contribution in [2.45, 2.75) is 19.8 Å². The summed E-state index contributed by atoms with van der Waals surface area (Å²) in [6.45, 7) is 3.29. The lowest BCUT2D eigenvalue weighted by molar-refractivity contribution is -0.132. The number of thioether (sulfide) groups is 1. The van der Waals surface area contributed by atoms with Crippen molar-refractivity contribution >= 4 is 46.2 Å².